The lowest BCUT2D eigenvalue weighted by atomic mass is 10.2. The van der Waals surface area contributed by atoms with Crippen LogP contribution in [-0.2, 0) is 16.4 Å². The number of benzene rings is 2. The van der Waals surface area contributed by atoms with Crippen molar-refractivity contribution >= 4 is 9.84 Å². The van der Waals surface area contributed by atoms with Gasteiger partial charge in [-0.3, -0.25) is 0 Å². The van der Waals surface area contributed by atoms with Gasteiger partial charge < -0.3 is 10.0 Å². The van der Waals surface area contributed by atoms with Crippen LogP contribution in [0.3, 0.4) is 0 Å². The Morgan fingerprint density at radius 1 is 1.05 bits per heavy atom. The van der Waals surface area contributed by atoms with E-state index in [4.69, 9.17) is 0 Å². The lowest BCUT2D eigenvalue weighted by molar-refractivity contribution is 0.398. The zero-order valence-corrected chi connectivity index (χ0v) is 12.3. The highest BCUT2D eigenvalue weighted by atomic mass is 32.2. The van der Waals surface area contributed by atoms with Crippen LogP contribution < -0.4 is 0 Å². The molecule has 0 spiro atoms. The monoisotopic (exact) mass is 291 g/mol. The summed E-state index contributed by atoms with van der Waals surface area (Å²) in [7, 11) is 0.149. The van der Waals surface area contributed by atoms with E-state index in [0.29, 0.717) is 6.54 Å². The molecule has 0 bridgehead atoms. The van der Waals surface area contributed by atoms with Crippen molar-refractivity contribution in [3.05, 3.63) is 54.1 Å². The number of hydrogen-bond donors (Lipinski definition) is 1. The van der Waals surface area contributed by atoms with Crippen molar-refractivity contribution in [3.8, 4) is 5.75 Å². The molecular weight excluding hydrogens is 274 g/mol. The summed E-state index contributed by atoms with van der Waals surface area (Å²) >= 11 is 0. The van der Waals surface area contributed by atoms with Gasteiger partial charge in [-0.15, -0.1) is 0 Å². The van der Waals surface area contributed by atoms with E-state index in [2.05, 4.69) is 0 Å². The molecule has 2 aromatic carbocycles. The van der Waals surface area contributed by atoms with Crippen LogP contribution >= 0.6 is 0 Å². The third kappa shape index (κ3) is 3.00. The molecule has 0 unspecified atom stereocenters. The Hall–Kier alpha value is -1.85. The van der Waals surface area contributed by atoms with Crippen molar-refractivity contribution in [3.63, 3.8) is 0 Å². The van der Waals surface area contributed by atoms with Crippen LogP contribution in [0.1, 0.15) is 5.56 Å². The highest BCUT2D eigenvalue weighted by molar-refractivity contribution is 7.91. The predicted octanol–water partition coefficient (Wildman–Crippen LogP) is 2.29. The third-order valence-electron chi connectivity index (χ3n) is 2.88. The van der Waals surface area contributed by atoms with Crippen LogP contribution in [0.4, 0.5) is 0 Å². The minimum Gasteiger partial charge on any atom is -0.508 e. The largest absolute Gasteiger partial charge is 0.508 e. The molecular formula is C15H17NO3S. The van der Waals surface area contributed by atoms with Gasteiger partial charge in [0.25, 0.3) is 0 Å². The lowest BCUT2D eigenvalue weighted by Crippen LogP contribution is -2.14. The van der Waals surface area contributed by atoms with Gasteiger partial charge in [0.2, 0.25) is 9.84 Å². The molecule has 0 amide bonds. The van der Waals surface area contributed by atoms with E-state index < -0.39 is 9.84 Å². The Bertz CT molecular complexity index is 709. The van der Waals surface area contributed by atoms with Gasteiger partial charge in [0, 0.05) is 6.54 Å². The Morgan fingerprint density at radius 3 is 2.40 bits per heavy atom. The molecule has 0 aliphatic rings. The number of phenols is 1. The van der Waals surface area contributed by atoms with Crippen LogP contribution in [0.2, 0.25) is 0 Å². The number of hydrogen-bond acceptors (Lipinski definition) is 4. The van der Waals surface area contributed by atoms with Crippen molar-refractivity contribution in [2.24, 2.45) is 0 Å². The molecule has 2 aromatic rings. The number of rotatable bonds is 4. The fourth-order valence-electron chi connectivity index (χ4n) is 2.01. The molecule has 1 N–H and O–H groups in total. The van der Waals surface area contributed by atoms with E-state index in [1.165, 1.54) is 24.3 Å². The van der Waals surface area contributed by atoms with Crippen LogP contribution in [-0.4, -0.2) is 32.5 Å². The zero-order chi connectivity index (χ0) is 14.8. The van der Waals surface area contributed by atoms with Crippen molar-refractivity contribution < 1.29 is 13.5 Å². The quantitative estimate of drug-likeness (QED) is 0.939. The van der Waals surface area contributed by atoms with E-state index in [-0.39, 0.29) is 15.5 Å². The minimum absolute atomic E-state index is 0.0591. The second-order valence-electron chi connectivity index (χ2n) is 4.85. The fraction of sp³-hybridized carbons (Fsp3) is 0.200. The van der Waals surface area contributed by atoms with Gasteiger partial charge in [-0.05, 0) is 43.9 Å². The number of nitrogens with zero attached hydrogens (tertiary/aromatic N) is 1. The summed E-state index contributed by atoms with van der Waals surface area (Å²) in [6.45, 7) is 0.536. The first-order chi connectivity index (χ1) is 9.41. The molecule has 0 saturated carbocycles. The lowest BCUT2D eigenvalue weighted by Gasteiger charge is -2.14. The second kappa shape index (κ2) is 5.64. The second-order valence-corrected chi connectivity index (χ2v) is 6.76. The Labute approximate surface area is 119 Å². The van der Waals surface area contributed by atoms with Gasteiger partial charge in [0.05, 0.1) is 9.79 Å². The first-order valence-corrected chi connectivity index (χ1v) is 7.66. The first kappa shape index (κ1) is 14.6. The molecule has 0 aliphatic carbocycles. The molecule has 0 radical (unpaired) electrons. The molecule has 106 valence electrons. The smallest absolute Gasteiger partial charge is 0.207 e. The molecule has 0 atom stereocenters. The molecule has 0 fully saturated rings. The van der Waals surface area contributed by atoms with Gasteiger partial charge >= 0.3 is 0 Å². The van der Waals surface area contributed by atoms with Crippen LogP contribution in [0.15, 0.2) is 58.3 Å². The Morgan fingerprint density at radius 2 is 1.75 bits per heavy atom. The van der Waals surface area contributed by atoms with E-state index in [1.807, 2.05) is 25.1 Å². The number of aromatic hydroxyl groups is 1. The highest BCUT2D eigenvalue weighted by Crippen LogP contribution is 2.26. The van der Waals surface area contributed by atoms with Crippen LogP contribution in [0.25, 0.3) is 0 Å². The number of sulfone groups is 1. The standard InChI is InChI=1S/C15H17NO3S/c1-16(2)11-12-6-3-4-9-15(12)20(18,19)14-8-5-7-13(17)10-14/h3-10,17H,11H2,1-2H3. The molecule has 4 nitrogen and oxygen atoms in total. The van der Waals surface area contributed by atoms with Gasteiger partial charge in [-0.25, -0.2) is 8.42 Å². The van der Waals surface area contributed by atoms with Gasteiger partial charge in [-0.2, -0.15) is 0 Å². The third-order valence-corrected chi connectivity index (χ3v) is 4.73. The van der Waals surface area contributed by atoms with Crippen molar-refractivity contribution in [2.45, 2.75) is 16.3 Å². The van der Waals surface area contributed by atoms with Gasteiger partial charge in [0.15, 0.2) is 0 Å². The Kier molecular flexibility index (Phi) is 4.11. The van der Waals surface area contributed by atoms with Crippen LogP contribution in [0, 0.1) is 0 Å². The van der Waals surface area contributed by atoms with E-state index in [1.54, 1.807) is 18.2 Å². The van der Waals surface area contributed by atoms with E-state index >= 15 is 0 Å². The maximum Gasteiger partial charge on any atom is 0.207 e. The summed E-state index contributed by atoms with van der Waals surface area (Å²) in [6, 6.07) is 12.6. The summed E-state index contributed by atoms with van der Waals surface area (Å²) in [5.74, 6) is -0.0591. The fourth-order valence-corrected chi connectivity index (χ4v) is 3.54. The molecule has 0 saturated heterocycles. The zero-order valence-electron chi connectivity index (χ0n) is 11.4. The first-order valence-electron chi connectivity index (χ1n) is 6.18. The molecule has 0 aliphatic heterocycles. The topological polar surface area (TPSA) is 57.6 Å². The summed E-state index contributed by atoms with van der Waals surface area (Å²) in [4.78, 5) is 2.29. The summed E-state index contributed by atoms with van der Waals surface area (Å²) < 4.78 is 25.3. The highest BCUT2D eigenvalue weighted by Gasteiger charge is 2.21. The minimum atomic E-state index is -3.62. The summed E-state index contributed by atoms with van der Waals surface area (Å²) in [5.41, 5.74) is 0.737. The maximum atomic E-state index is 12.7. The average molecular weight is 291 g/mol. The molecule has 5 heteroatoms. The van der Waals surface area contributed by atoms with Gasteiger partial charge in [-0.1, -0.05) is 24.3 Å². The summed E-state index contributed by atoms with van der Waals surface area (Å²) in [5, 5.41) is 9.47. The predicted molar refractivity (Wildman–Crippen MR) is 77.4 cm³/mol. The molecule has 0 heterocycles. The molecule has 0 aromatic heterocycles. The van der Waals surface area contributed by atoms with E-state index in [0.717, 1.165) is 5.56 Å². The van der Waals surface area contributed by atoms with Crippen molar-refractivity contribution in [2.75, 3.05) is 14.1 Å². The van der Waals surface area contributed by atoms with E-state index in [9.17, 15) is 13.5 Å². The SMILES string of the molecule is CN(C)Cc1ccccc1S(=O)(=O)c1cccc(O)c1. The molecule has 20 heavy (non-hydrogen) atoms. The van der Waals surface area contributed by atoms with Crippen molar-refractivity contribution in [1.29, 1.82) is 0 Å². The summed E-state index contributed by atoms with van der Waals surface area (Å²) in [6.07, 6.45) is 0. The van der Waals surface area contributed by atoms with Gasteiger partial charge in [0.1, 0.15) is 5.75 Å². The number of phenolic OH excluding ortho intramolecular Hbond substituents is 1. The van der Waals surface area contributed by atoms with Crippen LogP contribution in [0.5, 0.6) is 5.75 Å². The maximum absolute atomic E-state index is 12.7. The van der Waals surface area contributed by atoms with Crippen molar-refractivity contribution in [1.82, 2.24) is 4.90 Å². The molecule has 2 rings (SSSR count). The normalized spacial score (nSPS) is 11.8. The average Bonchev–Trinajstić information content (AvgIpc) is 2.38. The Balaban J connectivity index is 2.55.